The highest BCUT2D eigenvalue weighted by molar-refractivity contribution is 9.10. The molecule has 1 aliphatic carbocycles. The molecule has 1 saturated carbocycles. The first kappa shape index (κ1) is 10.7. The van der Waals surface area contributed by atoms with Gasteiger partial charge in [0, 0.05) is 4.47 Å². The highest BCUT2D eigenvalue weighted by Crippen LogP contribution is 2.49. The van der Waals surface area contributed by atoms with E-state index in [0.29, 0.717) is 0 Å². The number of hydrogen-bond donors (Lipinski definition) is 1. The molecule has 0 aromatic heterocycles. The largest absolute Gasteiger partial charge is 0.387 e. The molecule has 0 aliphatic heterocycles. The van der Waals surface area contributed by atoms with Crippen molar-refractivity contribution in [1.82, 2.24) is 0 Å². The number of alkyl halides is 1. The van der Waals surface area contributed by atoms with Gasteiger partial charge in [0.05, 0.1) is 10.4 Å². The zero-order valence-corrected chi connectivity index (χ0v) is 10.9. The second-order valence-electron chi connectivity index (χ2n) is 3.84. The van der Waals surface area contributed by atoms with Crippen molar-refractivity contribution in [2.75, 3.05) is 0 Å². The number of benzene rings is 1. The Hall–Kier alpha value is 0.140. The number of aliphatic hydroxyl groups excluding tert-OH is 1. The Morgan fingerprint density at radius 3 is 2.21 bits per heavy atom. The minimum atomic E-state index is -0.385. The maximum Gasteiger partial charge on any atom is 0.0943 e. The van der Waals surface area contributed by atoms with Crippen molar-refractivity contribution >= 4 is 31.9 Å². The molecule has 1 aromatic carbocycles. The molecular formula is C11H12Br2O. The van der Waals surface area contributed by atoms with E-state index in [1.807, 2.05) is 24.3 Å². The van der Waals surface area contributed by atoms with Crippen molar-refractivity contribution in [2.45, 2.75) is 29.7 Å². The third kappa shape index (κ3) is 1.90. The SMILES string of the molecule is OC(c1ccc(Br)cc1)C1(Br)CCC1. The summed E-state index contributed by atoms with van der Waals surface area (Å²) in [4.78, 5) is 0. The molecule has 0 saturated heterocycles. The van der Waals surface area contributed by atoms with Crippen LogP contribution in [0.4, 0.5) is 0 Å². The standard InChI is InChI=1S/C11H12Br2O/c12-9-4-2-8(3-5-9)10(14)11(13)6-1-7-11/h2-5,10,14H,1,6-7H2. The lowest BCUT2D eigenvalue weighted by atomic mass is 9.78. The summed E-state index contributed by atoms with van der Waals surface area (Å²) < 4.78 is 0.978. The second-order valence-corrected chi connectivity index (χ2v) is 6.34. The van der Waals surface area contributed by atoms with E-state index in [4.69, 9.17) is 0 Å². The number of aliphatic hydroxyl groups is 1. The van der Waals surface area contributed by atoms with Crippen LogP contribution in [0.2, 0.25) is 0 Å². The molecule has 1 unspecified atom stereocenters. The topological polar surface area (TPSA) is 20.2 Å². The molecule has 2 rings (SSSR count). The van der Waals surface area contributed by atoms with Gasteiger partial charge in [0.1, 0.15) is 0 Å². The van der Waals surface area contributed by atoms with E-state index >= 15 is 0 Å². The van der Waals surface area contributed by atoms with Gasteiger partial charge < -0.3 is 5.11 Å². The zero-order chi connectivity index (χ0) is 10.2. The molecule has 1 aliphatic rings. The van der Waals surface area contributed by atoms with Crippen LogP contribution in [0.1, 0.15) is 30.9 Å². The highest BCUT2D eigenvalue weighted by Gasteiger charge is 2.41. The maximum absolute atomic E-state index is 10.1. The summed E-state index contributed by atoms with van der Waals surface area (Å²) in [7, 11) is 0. The number of hydrogen-bond acceptors (Lipinski definition) is 1. The molecule has 0 spiro atoms. The first-order chi connectivity index (χ1) is 6.62. The molecule has 3 heteroatoms. The summed E-state index contributed by atoms with van der Waals surface area (Å²) >= 11 is 7.01. The van der Waals surface area contributed by atoms with Crippen LogP contribution < -0.4 is 0 Å². The highest BCUT2D eigenvalue weighted by atomic mass is 79.9. The van der Waals surface area contributed by atoms with Gasteiger partial charge in [0.15, 0.2) is 0 Å². The molecule has 14 heavy (non-hydrogen) atoms. The Balaban J connectivity index is 2.18. The lowest BCUT2D eigenvalue weighted by Crippen LogP contribution is -2.36. The normalized spacial score (nSPS) is 21.4. The summed E-state index contributed by atoms with van der Waals surface area (Å²) in [6.07, 6.45) is 2.94. The number of rotatable bonds is 2. The predicted octanol–water partition coefficient (Wildman–Crippen LogP) is 3.80. The van der Waals surface area contributed by atoms with E-state index in [-0.39, 0.29) is 10.4 Å². The summed E-state index contributed by atoms with van der Waals surface area (Å²) in [6, 6.07) is 7.87. The first-order valence-electron chi connectivity index (χ1n) is 4.74. The Kier molecular flexibility index (Phi) is 3.01. The predicted molar refractivity (Wildman–Crippen MR) is 64.6 cm³/mol. The molecule has 1 atom stereocenters. The van der Waals surface area contributed by atoms with Gasteiger partial charge >= 0.3 is 0 Å². The molecule has 0 heterocycles. The van der Waals surface area contributed by atoms with Gasteiger partial charge in [-0.15, -0.1) is 0 Å². The second kappa shape index (κ2) is 3.95. The molecule has 0 amide bonds. The molecule has 1 aromatic rings. The quantitative estimate of drug-likeness (QED) is 0.822. The number of halogens is 2. The van der Waals surface area contributed by atoms with Crippen molar-refractivity contribution in [3.05, 3.63) is 34.3 Å². The van der Waals surface area contributed by atoms with Gasteiger partial charge in [-0.1, -0.05) is 50.4 Å². The molecule has 0 radical (unpaired) electrons. The van der Waals surface area contributed by atoms with Gasteiger partial charge in [0.25, 0.3) is 0 Å². The van der Waals surface area contributed by atoms with Crippen LogP contribution in [0.5, 0.6) is 0 Å². The van der Waals surface area contributed by atoms with E-state index in [2.05, 4.69) is 31.9 Å². The van der Waals surface area contributed by atoms with Crippen molar-refractivity contribution in [2.24, 2.45) is 0 Å². The van der Waals surface area contributed by atoms with E-state index < -0.39 is 0 Å². The smallest absolute Gasteiger partial charge is 0.0943 e. The fraction of sp³-hybridized carbons (Fsp3) is 0.455. The molecule has 1 fully saturated rings. The Labute approximate surface area is 101 Å². The Morgan fingerprint density at radius 2 is 1.79 bits per heavy atom. The molecule has 1 nitrogen and oxygen atoms in total. The summed E-state index contributed by atoms with van der Waals surface area (Å²) in [5.41, 5.74) is 0.991. The van der Waals surface area contributed by atoms with Crippen molar-refractivity contribution in [1.29, 1.82) is 0 Å². The molecule has 0 bridgehead atoms. The van der Waals surface area contributed by atoms with Gasteiger partial charge in [-0.2, -0.15) is 0 Å². The fourth-order valence-corrected chi connectivity index (χ4v) is 2.82. The molecular weight excluding hydrogens is 308 g/mol. The average Bonchev–Trinajstić information content (AvgIpc) is 2.14. The van der Waals surface area contributed by atoms with E-state index in [0.717, 1.165) is 22.9 Å². The van der Waals surface area contributed by atoms with Crippen LogP contribution in [0, 0.1) is 0 Å². The van der Waals surface area contributed by atoms with Crippen LogP contribution in [0.15, 0.2) is 28.7 Å². The lowest BCUT2D eigenvalue weighted by Gasteiger charge is -2.40. The van der Waals surface area contributed by atoms with Crippen LogP contribution in [0.3, 0.4) is 0 Å². The van der Waals surface area contributed by atoms with Gasteiger partial charge in [0.2, 0.25) is 0 Å². The lowest BCUT2D eigenvalue weighted by molar-refractivity contribution is 0.0916. The van der Waals surface area contributed by atoms with Crippen LogP contribution in [-0.4, -0.2) is 9.43 Å². The average molecular weight is 320 g/mol. The monoisotopic (exact) mass is 318 g/mol. The first-order valence-corrected chi connectivity index (χ1v) is 6.33. The van der Waals surface area contributed by atoms with Crippen LogP contribution >= 0.6 is 31.9 Å². The van der Waals surface area contributed by atoms with Crippen molar-refractivity contribution < 1.29 is 5.11 Å². The van der Waals surface area contributed by atoms with Gasteiger partial charge in [-0.05, 0) is 30.5 Å². The maximum atomic E-state index is 10.1. The third-order valence-corrected chi connectivity index (χ3v) is 4.62. The molecule has 76 valence electrons. The minimum absolute atomic E-state index is 0.0686. The van der Waals surface area contributed by atoms with E-state index in [1.165, 1.54) is 6.42 Å². The summed E-state index contributed by atoms with van der Waals surface area (Å²) in [5.74, 6) is 0. The summed E-state index contributed by atoms with van der Waals surface area (Å²) in [6.45, 7) is 0. The summed E-state index contributed by atoms with van der Waals surface area (Å²) in [5, 5.41) is 10.1. The van der Waals surface area contributed by atoms with Crippen molar-refractivity contribution in [3.63, 3.8) is 0 Å². The van der Waals surface area contributed by atoms with Crippen molar-refractivity contribution in [3.8, 4) is 0 Å². The van der Waals surface area contributed by atoms with Gasteiger partial charge in [-0.3, -0.25) is 0 Å². The Bertz CT molecular complexity index is 317. The fourth-order valence-electron chi connectivity index (χ4n) is 1.73. The van der Waals surface area contributed by atoms with Crippen LogP contribution in [0.25, 0.3) is 0 Å². The Morgan fingerprint density at radius 1 is 1.21 bits per heavy atom. The van der Waals surface area contributed by atoms with E-state index in [9.17, 15) is 5.11 Å². The zero-order valence-electron chi connectivity index (χ0n) is 7.71. The van der Waals surface area contributed by atoms with Gasteiger partial charge in [-0.25, -0.2) is 0 Å². The molecule has 1 N–H and O–H groups in total. The minimum Gasteiger partial charge on any atom is -0.387 e. The van der Waals surface area contributed by atoms with E-state index in [1.54, 1.807) is 0 Å². The van der Waals surface area contributed by atoms with Crippen LogP contribution in [-0.2, 0) is 0 Å². The third-order valence-electron chi connectivity index (χ3n) is 2.86.